The predicted molar refractivity (Wildman–Crippen MR) is 58.0 cm³/mol. The van der Waals surface area contributed by atoms with E-state index in [4.69, 9.17) is 4.74 Å². The molecule has 1 unspecified atom stereocenters. The standard InChI is InChI=1S/C11H23NO/c1-6-8-13-10(3)9-12-11(4,5)7-2/h6,10,12H,1,7-9H2,2-5H3. The second-order valence-corrected chi connectivity index (χ2v) is 4.05. The second-order valence-electron chi connectivity index (χ2n) is 4.05. The first-order valence-electron chi connectivity index (χ1n) is 4.99. The highest BCUT2D eigenvalue weighted by atomic mass is 16.5. The van der Waals surface area contributed by atoms with Gasteiger partial charge in [-0.05, 0) is 27.2 Å². The van der Waals surface area contributed by atoms with Crippen LogP contribution >= 0.6 is 0 Å². The minimum atomic E-state index is 0.214. The molecule has 13 heavy (non-hydrogen) atoms. The number of rotatable bonds is 7. The molecule has 1 N–H and O–H groups in total. The zero-order chi connectivity index (χ0) is 10.3. The summed E-state index contributed by atoms with van der Waals surface area (Å²) in [6.45, 7) is 13.8. The summed E-state index contributed by atoms with van der Waals surface area (Å²) in [6.07, 6.45) is 3.16. The molecule has 1 atom stereocenters. The summed E-state index contributed by atoms with van der Waals surface area (Å²) in [6, 6.07) is 0. The lowest BCUT2D eigenvalue weighted by Gasteiger charge is -2.26. The molecule has 0 radical (unpaired) electrons. The molecule has 2 heteroatoms. The fourth-order valence-corrected chi connectivity index (χ4v) is 0.836. The average molecular weight is 185 g/mol. The summed E-state index contributed by atoms with van der Waals surface area (Å²) in [5, 5.41) is 3.46. The number of ether oxygens (including phenoxy) is 1. The van der Waals surface area contributed by atoms with Crippen LogP contribution in [-0.4, -0.2) is 24.8 Å². The maximum Gasteiger partial charge on any atom is 0.0675 e. The summed E-state index contributed by atoms with van der Waals surface area (Å²) in [4.78, 5) is 0. The van der Waals surface area contributed by atoms with Crippen LogP contribution in [0.15, 0.2) is 12.7 Å². The van der Waals surface area contributed by atoms with Gasteiger partial charge in [0.05, 0.1) is 12.7 Å². The Bertz CT molecular complexity index is 143. The van der Waals surface area contributed by atoms with Crippen molar-refractivity contribution in [1.29, 1.82) is 0 Å². The van der Waals surface area contributed by atoms with Crippen molar-refractivity contribution in [2.75, 3.05) is 13.2 Å². The molecule has 0 aliphatic rings. The molecule has 0 aliphatic carbocycles. The highest BCUT2D eigenvalue weighted by Gasteiger charge is 2.14. The molecule has 0 saturated carbocycles. The summed E-state index contributed by atoms with van der Waals surface area (Å²) < 4.78 is 5.45. The van der Waals surface area contributed by atoms with Crippen LogP contribution in [0.1, 0.15) is 34.1 Å². The lowest BCUT2D eigenvalue weighted by molar-refractivity contribution is 0.0815. The van der Waals surface area contributed by atoms with Crippen molar-refractivity contribution in [3.8, 4) is 0 Å². The molecule has 2 nitrogen and oxygen atoms in total. The third-order valence-electron chi connectivity index (χ3n) is 2.25. The van der Waals surface area contributed by atoms with E-state index in [9.17, 15) is 0 Å². The van der Waals surface area contributed by atoms with Crippen LogP contribution in [0.4, 0.5) is 0 Å². The Morgan fingerprint density at radius 1 is 1.54 bits per heavy atom. The van der Waals surface area contributed by atoms with Crippen molar-refractivity contribution in [1.82, 2.24) is 5.32 Å². The Balaban J connectivity index is 3.56. The third kappa shape index (κ3) is 6.79. The smallest absolute Gasteiger partial charge is 0.0675 e. The molecule has 0 saturated heterocycles. The number of nitrogens with one attached hydrogen (secondary N) is 1. The van der Waals surface area contributed by atoms with Crippen LogP contribution in [0, 0.1) is 0 Å². The molecule has 0 heterocycles. The number of hydrogen-bond acceptors (Lipinski definition) is 2. The molecule has 0 aromatic rings. The van der Waals surface area contributed by atoms with Gasteiger partial charge in [-0.3, -0.25) is 0 Å². The molecule has 0 rings (SSSR count). The first-order valence-corrected chi connectivity index (χ1v) is 4.99. The van der Waals surface area contributed by atoms with E-state index in [0.29, 0.717) is 6.61 Å². The molecular weight excluding hydrogens is 162 g/mol. The molecule has 0 aromatic heterocycles. The molecule has 0 spiro atoms. The van der Waals surface area contributed by atoms with Gasteiger partial charge in [-0.1, -0.05) is 13.0 Å². The first-order chi connectivity index (χ1) is 6.02. The van der Waals surface area contributed by atoms with Crippen LogP contribution in [0.25, 0.3) is 0 Å². The fraction of sp³-hybridized carbons (Fsp3) is 0.818. The van der Waals surface area contributed by atoms with E-state index in [1.165, 1.54) is 0 Å². The van der Waals surface area contributed by atoms with Gasteiger partial charge < -0.3 is 10.1 Å². The predicted octanol–water partition coefficient (Wildman–Crippen LogP) is 2.36. The Morgan fingerprint density at radius 2 is 2.15 bits per heavy atom. The zero-order valence-corrected chi connectivity index (χ0v) is 9.39. The lowest BCUT2D eigenvalue weighted by Crippen LogP contribution is -2.42. The van der Waals surface area contributed by atoms with Crippen LogP contribution < -0.4 is 5.32 Å². The van der Waals surface area contributed by atoms with Crippen molar-refractivity contribution in [2.45, 2.75) is 45.8 Å². The summed E-state index contributed by atoms with van der Waals surface area (Å²) in [7, 11) is 0. The Labute approximate surface area is 82.4 Å². The van der Waals surface area contributed by atoms with Gasteiger partial charge in [0.2, 0.25) is 0 Å². The van der Waals surface area contributed by atoms with Crippen LogP contribution in [0.2, 0.25) is 0 Å². The second kappa shape index (κ2) is 6.17. The normalized spacial score (nSPS) is 14.2. The SMILES string of the molecule is C=CCOC(C)CNC(C)(C)CC. The first kappa shape index (κ1) is 12.7. The van der Waals surface area contributed by atoms with Gasteiger partial charge >= 0.3 is 0 Å². The Kier molecular flexibility index (Phi) is 6.00. The van der Waals surface area contributed by atoms with Crippen molar-refractivity contribution in [3.63, 3.8) is 0 Å². The van der Waals surface area contributed by atoms with E-state index >= 15 is 0 Å². The Hall–Kier alpha value is -0.340. The van der Waals surface area contributed by atoms with Gasteiger partial charge in [-0.2, -0.15) is 0 Å². The van der Waals surface area contributed by atoms with E-state index in [-0.39, 0.29) is 11.6 Å². The average Bonchev–Trinajstić information content (AvgIpc) is 2.11. The van der Waals surface area contributed by atoms with E-state index in [1.807, 2.05) is 0 Å². The number of hydrogen-bond donors (Lipinski definition) is 1. The molecule has 0 bridgehead atoms. The lowest BCUT2D eigenvalue weighted by atomic mass is 10.0. The third-order valence-corrected chi connectivity index (χ3v) is 2.25. The van der Waals surface area contributed by atoms with Crippen molar-refractivity contribution in [2.24, 2.45) is 0 Å². The largest absolute Gasteiger partial charge is 0.373 e. The summed E-state index contributed by atoms with van der Waals surface area (Å²) >= 11 is 0. The monoisotopic (exact) mass is 185 g/mol. The maximum atomic E-state index is 5.45. The van der Waals surface area contributed by atoms with E-state index in [2.05, 4.69) is 39.6 Å². The van der Waals surface area contributed by atoms with Gasteiger partial charge in [-0.15, -0.1) is 6.58 Å². The van der Waals surface area contributed by atoms with Gasteiger partial charge in [0.1, 0.15) is 0 Å². The highest BCUT2D eigenvalue weighted by Crippen LogP contribution is 2.06. The minimum absolute atomic E-state index is 0.214. The van der Waals surface area contributed by atoms with E-state index < -0.39 is 0 Å². The molecule has 78 valence electrons. The molecule has 0 aliphatic heterocycles. The zero-order valence-electron chi connectivity index (χ0n) is 9.39. The van der Waals surface area contributed by atoms with Crippen LogP contribution in [-0.2, 0) is 4.74 Å². The molecular formula is C11H23NO. The minimum Gasteiger partial charge on any atom is -0.373 e. The topological polar surface area (TPSA) is 21.3 Å². The fourth-order valence-electron chi connectivity index (χ4n) is 0.836. The van der Waals surface area contributed by atoms with Crippen LogP contribution in [0.5, 0.6) is 0 Å². The van der Waals surface area contributed by atoms with E-state index in [0.717, 1.165) is 13.0 Å². The molecule has 0 aromatic carbocycles. The van der Waals surface area contributed by atoms with Gasteiger partial charge in [-0.25, -0.2) is 0 Å². The van der Waals surface area contributed by atoms with E-state index in [1.54, 1.807) is 6.08 Å². The maximum absolute atomic E-state index is 5.45. The molecule has 0 fully saturated rings. The van der Waals surface area contributed by atoms with Gasteiger partial charge in [0.15, 0.2) is 0 Å². The summed E-state index contributed by atoms with van der Waals surface area (Å²) in [5.41, 5.74) is 0.214. The summed E-state index contributed by atoms with van der Waals surface area (Å²) in [5.74, 6) is 0. The molecule has 0 amide bonds. The van der Waals surface area contributed by atoms with Crippen LogP contribution in [0.3, 0.4) is 0 Å². The van der Waals surface area contributed by atoms with Crippen molar-refractivity contribution >= 4 is 0 Å². The quantitative estimate of drug-likeness (QED) is 0.615. The van der Waals surface area contributed by atoms with Gasteiger partial charge in [0.25, 0.3) is 0 Å². The van der Waals surface area contributed by atoms with Gasteiger partial charge in [0, 0.05) is 12.1 Å². The van der Waals surface area contributed by atoms with Crippen molar-refractivity contribution < 1.29 is 4.74 Å². The Morgan fingerprint density at radius 3 is 2.62 bits per heavy atom. The highest BCUT2D eigenvalue weighted by molar-refractivity contribution is 4.76. The van der Waals surface area contributed by atoms with Crippen molar-refractivity contribution in [3.05, 3.63) is 12.7 Å².